The molecule has 0 amide bonds. The van der Waals surface area contributed by atoms with Crippen LogP contribution < -0.4 is 9.47 Å². The predicted molar refractivity (Wildman–Crippen MR) is 70.5 cm³/mol. The van der Waals surface area contributed by atoms with Crippen LogP contribution in [0.25, 0.3) is 0 Å². The first-order valence-corrected chi connectivity index (χ1v) is 8.24. The first kappa shape index (κ1) is 14.9. The monoisotopic (exact) mass is 402 g/mol. The Bertz CT molecular complexity index is 329. The summed E-state index contributed by atoms with van der Waals surface area (Å²) in [4.78, 5) is 10.5. The van der Waals surface area contributed by atoms with E-state index in [1.165, 1.54) is 7.11 Å². The third-order valence-electron chi connectivity index (χ3n) is 1.59. The number of hydrogen-bond donors (Lipinski definition) is 0. The molecule has 84 valence electrons. The van der Waals surface area contributed by atoms with E-state index in [0.717, 1.165) is 6.29 Å². The van der Waals surface area contributed by atoms with Gasteiger partial charge in [0, 0.05) is 33.8 Å². The van der Waals surface area contributed by atoms with E-state index in [-0.39, 0.29) is 0 Å². The standard InChI is InChI=1S/C9H9BrO3.Br2/c1-12-8-4-6(5-11)3-7(10)9(8)13-2;1-2/h3-5H,1-2H3;. The molecule has 1 rings (SSSR count). The fourth-order valence-electron chi connectivity index (χ4n) is 1.01. The first-order valence-electron chi connectivity index (χ1n) is 3.74. The number of carbonyl (C=O) groups is 1. The van der Waals surface area contributed by atoms with E-state index in [2.05, 4.69) is 44.2 Å². The average Bonchev–Trinajstić information content (AvgIpc) is 2.30. The van der Waals surface area contributed by atoms with Gasteiger partial charge in [-0.25, -0.2) is 0 Å². The van der Waals surface area contributed by atoms with Crippen molar-refractivity contribution in [1.29, 1.82) is 0 Å². The van der Waals surface area contributed by atoms with Gasteiger partial charge >= 0.3 is 0 Å². The molecule has 0 bridgehead atoms. The Morgan fingerprint density at radius 3 is 2.20 bits per heavy atom. The SMILES string of the molecule is BrBr.COc1cc(C=O)cc(Br)c1OC. The summed E-state index contributed by atoms with van der Waals surface area (Å²) < 4.78 is 10.8. The molecule has 0 atom stereocenters. The van der Waals surface area contributed by atoms with Crippen molar-refractivity contribution in [1.82, 2.24) is 0 Å². The molecule has 0 saturated carbocycles. The molecule has 0 N–H and O–H groups in total. The van der Waals surface area contributed by atoms with E-state index in [1.807, 2.05) is 0 Å². The Hall–Kier alpha value is -0.0700. The van der Waals surface area contributed by atoms with E-state index in [0.29, 0.717) is 21.5 Å². The van der Waals surface area contributed by atoms with Crippen LogP contribution in [0.15, 0.2) is 16.6 Å². The molecular weight excluding hydrogens is 396 g/mol. The van der Waals surface area contributed by atoms with Gasteiger partial charge < -0.3 is 9.47 Å². The van der Waals surface area contributed by atoms with Crippen molar-refractivity contribution in [3.63, 3.8) is 0 Å². The van der Waals surface area contributed by atoms with Gasteiger partial charge in [-0.15, -0.1) is 0 Å². The molecule has 0 radical (unpaired) electrons. The van der Waals surface area contributed by atoms with Crippen LogP contribution in [0, 0.1) is 0 Å². The predicted octanol–water partition coefficient (Wildman–Crippen LogP) is 3.97. The normalized spacial score (nSPS) is 8.60. The molecule has 0 aliphatic carbocycles. The fourth-order valence-corrected chi connectivity index (χ4v) is 1.63. The van der Waals surface area contributed by atoms with E-state index >= 15 is 0 Å². The van der Waals surface area contributed by atoms with Crippen LogP contribution in [0.3, 0.4) is 0 Å². The summed E-state index contributed by atoms with van der Waals surface area (Å²) >= 11 is 8.78. The maximum Gasteiger partial charge on any atom is 0.174 e. The van der Waals surface area contributed by atoms with Crippen molar-refractivity contribution in [3.05, 3.63) is 22.2 Å². The molecule has 1 aromatic rings. The molecule has 6 heteroatoms. The highest BCUT2D eigenvalue weighted by Gasteiger charge is 2.09. The third-order valence-corrected chi connectivity index (χ3v) is 2.18. The van der Waals surface area contributed by atoms with Crippen molar-refractivity contribution >= 4 is 50.5 Å². The van der Waals surface area contributed by atoms with Gasteiger partial charge in [0.2, 0.25) is 0 Å². The van der Waals surface area contributed by atoms with E-state index in [9.17, 15) is 4.79 Å². The van der Waals surface area contributed by atoms with Crippen LogP contribution in [0.1, 0.15) is 10.4 Å². The van der Waals surface area contributed by atoms with Crippen LogP contribution in [-0.4, -0.2) is 20.5 Å². The minimum atomic E-state index is 0.541. The molecule has 0 aliphatic heterocycles. The summed E-state index contributed by atoms with van der Waals surface area (Å²) in [7, 11) is 3.07. The van der Waals surface area contributed by atoms with E-state index in [4.69, 9.17) is 9.47 Å². The Morgan fingerprint density at radius 1 is 1.20 bits per heavy atom. The van der Waals surface area contributed by atoms with Crippen LogP contribution in [0.2, 0.25) is 0 Å². The van der Waals surface area contributed by atoms with E-state index < -0.39 is 0 Å². The summed E-state index contributed by atoms with van der Waals surface area (Å²) in [6.07, 6.45) is 0.757. The van der Waals surface area contributed by atoms with Gasteiger partial charge in [0.05, 0.1) is 18.7 Å². The Balaban J connectivity index is 0.000000921. The van der Waals surface area contributed by atoms with Crippen molar-refractivity contribution in [2.24, 2.45) is 0 Å². The lowest BCUT2D eigenvalue weighted by Crippen LogP contribution is -1.93. The number of rotatable bonds is 3. The van der Waals surface area contributed by atoms with Crippen molar-refractivity contribution < 1.29 is 14.3 Å². The van der Waals surface area contributed by atoms with Gasteiger partial charge in [-0.2, -0.15) is 0 Å². The second-order valence-electron chi connectivity index (χ2n) is 2.36. The molecule has 0 aromatic heterocycles. The number of hydrogen-bond acceptors (Lipinski definition) is 3. The number of methoxy groups -OCH3 is 2. The fraction of sp³-hybridized carbons (Fsp3) is 0.222. The second-order valence-corrected chi connectivity index (χ2v) is 3.21. The third kappa shape index (κ3) is 4.12. The van der Waals surface area contributed by atoms with Gasteiger partial charge in [0.15, 0.2) is 11.5 Å². The number of halogens is 3. The molecular formula is C9H9Br3O3. The van der Waals surface area contributed by atoms with E-state index in [1.54, 1.807) is 19.2 Å². The van der Waals surface area contributed by atoms with Gasteiger partial charge in [-0.1, -0.05) is 0 Å². The maximum atomic E-state index is 10.5. The highest BCUT2D eigenvalue weighted by Crippen LogP contribution is 2.35. The minimum Gasteiger partial charge on any atom is -0.493 e. The molecule has 0 saturated heterocycles. The lowest BCUT2D eigenvalue weighted by molar-refractivity contribution is 0.112. The van der Waals surface area contributed by atoms with Crippen LogP contribution in [0.4, 0.5) is 0 Å². The zero-order chi connectivity index (χ0) is 11.8. The van der Waals surface area contributed by atoms with Crippen molar-refractivity contribution in [2.75, 3.05) is 14.2 Å². The zero-order valence-corrected chi connectivity index (χ0v) is 12.8. The van der Waals surface area contributed by atoms with Gasteiger partial charge in [-0.3, -0.25) is 4.79 Å². The molecule has 0 spiro atoms. The Kier molecular flexibility index (Phi) is 8.09. The molecule has 0 heterocycles. The smallest absolute Gasteiger partial charge is 0.174 e. The Labute approximate surface area is 112 Å². The number of benzene rings is 1. The van der Waals surface area contributed by atoms with Gasteiger partial charge in [0.1, 0.15) is 6.29 Å². The zero-order valence-electron chi connectivity index (χ0n) is 8.09. The first-order chi connectivity index (χ1) is 7.22. The van der Waals surface area contributed by atoms with Gasteiger partial charge in [-0.05, 0) is 28.1 Å². The summed E-state index contributed by atoms with van der Waals surface area (Å²) in [5.74, 6) is 1.13. The highest BCUT2D eigenvalue weighted by atomic mass is 80.9. The Morgan fingerprint density at radius 2 is 1.80 bits per heavy atom. The van der Waals surface area contributed by atoms with Crippen molar-refractivity contribution in [3.8, 4) is 11.5 Å². The number of ether oxygens (including phenoxy) is 2. The largest absolute Gasteiger partial charge is 0.493 e. The maximum absolute atomic E-state index is 10.5. The molecule has 0 aliphatic rings. The quantitative estimate of drug-likeness (QED) is 0.715. The second kappa shape index (κ2) is 8.13. The highest BCUT2D eigenvalue weighted by molar-refractivity contribution is 9.93. The minimum absolute atomic E-state index is 0.541. The summed E-state index contributed by atoms with van der Waals surface area (Å²) in [5.41, 5.74) is 0.546. The lowest BCUT2D eigenvalue weighted by atomic mass is 10.2. The lowest BCUT2D eigenvalue weighted by Gasteiger charge is -2.09. The number of carbonyl (C=O) groups excluding carboxylic acids is 1. The molecule has 0 fully saturated rings. The topological polar surface area (TPSA) is 35.5 Å². The molecule has 3 nitrogen and oxygen atoms in total. The average molecular weight is 405 g/mol. The molecule has 0 unspecified atom stereocenters. The molecule has 1 aromatic carbocycles. The summed E-state index contributed by atoms with van der Waals surface area (Å²) in [5, 5.41) is 0. The van der Waals surface area contributed by atoms with Crippen LogP contribution >= 0.6 is 44.2 Å². The number of aldehydes is 1. The summed E-state index contributed by atoms with van der Waals surface area (Å²) in [6.45, 7) is 0. The van der Waals surface area contributed by atoms with Crippen LogP contribution in [-0.2, 0) is 0 Å². The summed E-state index contributed by atoms with van der Waals surface area (Å²) in [6, 6.07) is 3.30. The van der Waals surface area contributed by atoms with Crippen molar-refractivity contribution in [2.45, 2.75) is 0 Å². The molecule has 15 heavy (non-hydrogen) atoms. The van der Waals surface area contributed by atoms with Gasteiger partial charge in [0.25, 0.3) is 0 Å². The van der Waals surface area contributed by atoms with Crippen LogP contribution in [0.5, 0.6) is 11.5 Å².